The van der Waals surface area contributed by atoms with Gasteiger partial charge in [-0.2, -0.15) is 5.10 Å². The third-order valence-corrected chi connectivity index (χ3v) is 3.43. The van der Waals surface area contributed by atoms with Crippen molar-refractivity contribution in [3.8, 4) is 5.82 Å². The number of hydrogen-bond acceptors (Lipinski definition) is 4. The first-order valence-electron chi connectivity index (χ1n) is 6.83. The van der Waals surface area contributed by atoms with Gasteiger partial charge in [-0.1, -0.05) is 12.8 Å². The Labute approximate surface area is 113 Å². The number of aryl methyl sites for hydroxylation is 2. The third-order valence-electron chi connectivity index (χ3n) is 3.43. The predicted octanol–water partition coefficient (Wildman–Crippen LogP) is 2.49. The molecule has 5 heteroatoms. The molecule has 2 aromatic heterocycles. The summed E-state index contributed by atoms with van der Waals surface area (Å²) in [6.45, 7) is 4.98. The summed E-state index contributed by atoms with van der Waals surface area (Å²) in [5, 5.41) is 16.1. The van der Waals surface area contributed by atoms with Crippen LogP contribution in [0, 0.1) is 19.8 Å². The Morgan fingerprint density at radius 2 is 2.11 bits per heavy atom. The molecule has 1 aliphatic rings. The number of rotatable bonds is 5. The van der Waals surface area contributed by atoms with Crippen molar-refractivity contribution in [1.29, 1.82) is 0 Å². The van der Waals surface area contributed by atoms with E-state index in [1.165, 1.54) is 19.3 Å². The summed E-state index contributed by atoms with van der Waals surface area (Å²) in [5.74, 6) is 2.54. The highest BCUT2D eigenvalue weighted by Gasteiger charge is 2.20. The van der Waals surface area contributed by atoms with Gasteiger partial charge in [0, 0.05) is 12.2 Å². The summed E-state index contributed by atoms with van der Waals surface area (Å²) < 4.78 is 1.82. The van der Waals surface area contributed by atoms with Crippen molar-refractivity contribution in [3.63, 3.8) is 0 Å². The molecule has 0 radical (unpaired) electrons. The van der Waals surface area contributed by atoms with E-state index in [4.69, 9.17) is 0 Å². The Hall–Kier alpha value is -1.91. The molecule has 0 bridgehead atoms. The van der Waals surface area contributed by atoms with Gasteiger partial charge in [0.05, 0.1) is 5.69 Å². The molecule has 1 saturated carbocycles. The molecule has 0 aromatic carbocycles. The first-order chi connectivity index (χ1) is 9.22. The molecule has 0 spiro atoms. The Morgan fingerprint density at radius 1 is 1.26 bits per heavy atom. The van der Waals surface area contributed by atoms with Gasteiger partial charge in [0.1, 0.15) is 5.82 Å². The fourth-order valence-corrected chi connectivity index (χ4v) is 2.20. The molecule has 2 heterocycles. The van der Waals surface area contributed by atoms with E-state index in [1.54, 1.807) is 0 Å². The van der Waals surface area contributed by atoms with Crippen LogP contribution in [0.15, 0.2) is 18.2 Å². The molecule has 0 aliphatic heterocycles. The van der Waals surface area contributed by atoms with E-state index in [2.05, 4.69) is 20.6 Å². The molecular weight excluding hydrogens is 238 g/mol. The maximum Gasteiger partial charge on any atom is 0.176 e. The first kappa shape index (κ1) is 12.1. The van der Waals surface area contributed by atoms with Crippen molar-refractivity contribution in [1.82, 2.24) is 20.0 Å². The zero-order valence-electron chi connectivity index (χ0n) is 11.4. The molecule has 2 aromatic rings. The summed E-state index contributed by atoms with van der Waals surface area (Å²) in [5.41, 5.74) is 2.06. The van der Waals surface area contributed by atoms with E-state index >= 15 is 0 Å². The van der Waals surface area contributed by atoms with Crippen molar-refractivity contribution in [2.45, 2.75) is 33.1 Å². The topological polar surface area (TPSA) is 55.6 Å². The molecule has 19 heavy (non-hydrogen) atoms. The monoisotopic (exact) mass is 257 g/mol. The summed E-state index contributed by atoms with van der Waals surface area (Å²) in [4.78, 5) is 0. The van der Waals surface area contributed by atoms with Crippen LogP contribution in [-0.4, -0.2) is 26.5 Å². The van der Waals surface area contributed by atoms with Crippen molar-refractivity contribution < 1.29 is 0 Å². The van der Waals surface area contributed by atoms with Crippen LogP contribution in [0.25, 0.3) is 5.82 Å². The molecule has 0 unspecified atom stereocenters. The minimum absolute atomic E-state index is 0.762. The lowest BCUT2D eigenvalue weighted by molar-refractivity contribution is 0.751. The van der Waals surface area contributed by atoms with E-state index < -0.39 is 0 Å². The molecule has 5 nitrogen and oxygen atoms in total. The van der Waals surface area contributed by atoms with Gasteiger partial charge >= 0.3 is 0 Å². The van der Waals surface area contributed by atoms with Crippen LogP contribution >= 0.6 is 0 Å². The maximum atomic E-state index is 4.40. The predicted molar refractivity (Wildman–Crippen MR) is 74.5 cm³/mol. The number of nitrogens with zero attached hydrogens (tertiary/aromatic N) is 4. The van der Waals surface area contributed by atoms with Crippen LogP contribution in [0.1, 0.15) is 30.7 Å². The van der Waals surface area contributed by atoms with Crippen LogP contribution in [0.2, 0.25) is 0 Å². The first-order valence-corrected chi connectivity index (χ1v) is 6.83. The van der Waals surface area contributed by atoms with E-state index in [0.717, 1.165) is 35.5 Å². The maximum absolute atomic E-state index is 4.40. The van der Waals surface area contributed by atoms with E-state index in [0.29, 0.717) is 0 Å². The second kappa shape index (κ2) is 4.99. The average molecular weight is 257 g/mol. The molecular formula is C14H19N5. The highest BCUT2D eigenvalue weighted by molar-refractivity contribution is 5.36. The van der Waals surface area contributed by atoms with Gasteiger partial charge in [0.25, 0.3) is 0 Å². The standard InChI is InChI=1S/C14H19N5/c1-10-9-11(2)19(18-10)14-6-5-13(16-17-14)15-8-7-12-3-4-12/h5-6,9,12H,3-4,7-8H2,1-2H3,(H,15,16). The fourth-order valence-electron chi connectivity index (χ4n) is 2.20. The second-order valence-electron chi connectivity index (χ2n) is 5.27. The SMILES string of the molecule is Cc1cc(C)n(-c2ccc(NCCC3CC3)nn2)n1. The molecule has 0 atom stereocenters. The van der Waals surface area contributed by atoms with Gasteiger partial charge in [0.15, 0.2) is 5.82 Å². The lowest BCUT2D eigenvalue weighted by atomic mass is 10.3. The minimum Gasteiger partial charge on any atom is -0.369 e. The minimum atomic E-state index is 0.762. The highest BCUT2D eigenvalue weighted by atomic mass is 15.4. The number of aromatic nitrogens is 4. The van der Waals surface area contributed by atoms with E-state index in [9.17, 15) is 0 Å². The molecule has 1 N–H and O–H groups in total. The Morgan fingerprint density at radius 3 is 2.68 bits per heavy atom. The third kappa shape index (κ3) is 2.92. The quantitative estimate of drug-likeness (QED) is 0.894. The van der Waals surface area contributed by atoms with Gasteiger partial charge in [-0.25, -0.2) is 4.68 Å². The molecule has 3 rings (SSSR count). The van der Waals surface area contributed by atoms with Crippen LogP contribution in [0.5, 0.6) is 0 Å². The molecule has 0 saturated heterocycles. The van der Waals surface area contributed by atoms with E-state index in [-0.39, 0.29) is 0 Å². The Bertz CT molecular complexity index is 554. The van der Waals surface area contributed by atoms with Crippen LogP contribution in [0.3, 0.4) is 0 Å². The van der Waals surface area contributed by atoms with Crippen molar-refractivity contribution >= 4 is 5.82 Å². The summed E-state index contributed by atoms with van der Waals surface area (Å²) >= 11 is 0. The summed E-state index contributed by atoms with van der Waals surface area (Å²) in [7, 11) is 0. The summed E-state index contributed by atoms with van der Waals surface area (Å²) in [6.07, 6.45) is 4.02. The normalized spacial score (nSPS) is 14.6. The summed E-state index contributed by atoms with van der Waals surface area (Å²) in [6, 6.07) is 5.95. The smallest absolute Gasteiger partial charge is 0.176 e. The molecule has 1 fully saturated rings. The zero-order valence-corrected chi connectivity index (χ0v) is 11.4. The van der Waals surface area contributed by atoms with Crippen molar-refractivity contribution in [2.24, 2.45) is 5.92 Å². The fraction of sp³-hybridized carbons (Fsp3) is 0.500. The molecule has 0 amide bonds. The van der Waals surface area contributed by atoms with Crippen LogP contribution < -0.4 is 5.32 Å². The average Bonchev–Trinajstić information content (AvgIpc) is 3.15. The second-order valence-corrected chi connectivity index (χ2v) is 5.27. The van der Waals surface area contributed by atoms with E-state index in [1.807, 2.05) is 36.7 Å². The van der Waals surface area contributed by atoms with Crippen LogP contribution in [-0.2, 0) is 0 Å². The van der Waals surface area contributed by atoms with Crippen molar-refractivity contribution in [3.05, 3.63) is 29.6 Å². The van der Waals surface area contributed by atoms with Crippen molar-refractivity contribution in [2.75, 3.05) is 11.9 Å². The highest BCUT2D eigenvalue weighted by Crippen LogP contribution is 2.31. The Balaban J connectivity index is 1.65. The largest absolute Gasteiger partial charge is 0.369 e. The Kier molecular flexibility index (Phi) is 3.19. The lowest BCUT2D eigenvalue weighted by Gasteiger charge is -2.06. The molecule has 1 aliphatic carbocycles. The number of nitrogens with one attached hydrogen (secondary N) is 1. The number of anilines is 1. The zero-order chi connectivity index (χ0) is 13.2. The van der Waals surface area contributed by atoms with Gasteiger partial charge in [-0.3, -0.25) is 0 Å². The lowest BCUT2D eigenvalue weighted by Crippen LogP contribution is -2.07. The van der Waals surface area contributed by atoms with Gasteiger partial charge in [-0.15, -0.1) is 10.2 Å². The van der Waals surface area contributed by atoms with Gasteiger partial charge < -0.3 is 5.32 Å². The van der Waals surface area contributed by atoms with Crippen LogP contribution in [0.4, 0.5) is 5.82 Å². The van der Waals surface area contributed by atoms with Gasteiger partial charge in [-0.05, 0) is 44.4 Å². The molecule has 100 valence electrons. The van der Waals surface area contributed by atoms with Gasteiger partial charge in [0.2, 0.25) is 0 Å². The number of hydrogen-bond donors (Lipinski definition) is 1.